The van der Waals surface area contributed by atoms with Crippen LogP contribution in [-0.2, 0) is 20.8 Å². The third-order valence-electron chi connectivity index (χ3n) is 6.93. The number of carbonyl (C=O) groups excluding carboxylic acids is 3. The number of hydrogen-bond acceptors (Lipinski definition) is 8. The Morgan fingerprint density at radius 1 is 1.15 bits per heavy atom. The molecule has 41 heavy (non-hydrogen) atoms. The Kier molecular flexibility index (Phi) is 10.1. The Balaban J connectivity index is 1.26. The third-order valence-corrected chi connectivity index (χ3v) is 7.36. The number of esters is 1. The van der Waals surface area contributed by atoms with Gasteiger partial charge in [-0.05, 0) is 56.4 Å². The van der Waals surface area contributed by atoms with E-state index in [0.717, 1.165) is 5.56 Å². The number of nitrogens with one attached hydrogen (secondary N) is 1. The topological polar surface area (TPSA) is 94.7 Å². The van der Waals surface area contributed by atoms with Crippen molar-refractivity contribution in [2.45, 2.75) is 26.0 Å². The molecule has 0 saturated carbocycles. The summed E-state index contributed by atoms with van der Waals surface area (Å²) in [5, 5.41) is 3.06. The minimum absolute atomic E-state index is 0.295. The maximum absolute atomic E-state index is 15.1. The number of nitrogens with zero attached hydrogens (tertiary/aromatic N) is 4. The molecule has 10 nitrogen and oxygen atoms in total. The van der Waals surface area contributed by atoms with Crippen LogP contribution in [0.4, 0.5) is 20.6 Å². The van der Waals surface area contributed by atoms with Gasteiger partial charge in [-0.1, -0.05) is 31.3 Å². The summed E-state index contributed by atoms with van der Waals surface area (Å²) in [6.45, 7) is 4.53. The summed E-state index contributed by atoms with van der Waals surface area (Å²) in [4.78, 5) is 45.1. The van der Waals surface area contributed by atoms with Gasteiger partial charge in [0.2, 0.25) is 0 Å². The standard InChI is InChI=1S/C29H36FN5O5S/c1-4-26(41)31-16-23-18-35(29(38)40-23)22-8-9-25(24(30)15-22)33-10-12-34(13-11-33)27(36)19-39-28(37)21-7-5-6-20(14-21)17-32(2)3/h5-9,14-15,23H,4,10-13,16-19H2,1-3H3,(H,31,41)/t23-/m0/s1. The molecule has 12 heteroatoms. The number of carbonyl (C=O) groups is 3. The number of rotatable bonds is 10. The van der Waals surface area contributed by atoms with Gasteiger partial charge in [0, 0.05) is 32.7 Å². The number of piperazine rings is 1. The molecule has 1 atom stereocenters. The number of cyclic esters (lactones) is 1. The van der Waals surface area contributed by atoms with Crippen LogP contribution in [0.15, 0.2) is 42.5 Å². The van der Waals surface area contributed by atoms with Gasteiger partial charge in [0.15, 0.2) is 6.61 Å². The van der Waals surface area contributed by atoms with Gasteiger partial charge in [-0.3, -0.25) is 9.69 Å². The van der Waals surface area contributed by atoms with E-state index >= 15 is 4.39 Å². The van der Waals surface area contributed by atoms with Gasteiger partial charge in [-0.2, -0.15) is 0 Å². The lowest BCUT2D eigenvalue weighted by molar-refractivity contribution is -0.134. The number of halogens is 1. The fourth-order valence-electron chi connectivity index (χ4n) is 4.77. The Morgan fingerprint density at radius 3 is 2.59 bits per heavy atom. The van der Waals surface area contributed by atoms with Crippen LogP contribution < -0.4 is 15.1 Å². The molecule has 2 fully saturated rings. The Hall–Kier alpha value is -3.77. The van der Waals surface area contributed by atoms with Crippen molar-refractivity contribution in [2.24, 2.45) is 0 Å². The molecule has 2 heterocycles. The van der Waals surface area contributed by atoms with E-state index < -0.39 is 17.9 Å². The number of ether oxygens (including phenoxy) is 2. The maximum Gasteiger partial charge on any atom is 0.414 e. The average molecular weight is 586 g/mol. The van der Waals surface area contributed by atoms with Crippen molar-refractivity contribution in [3.05, 3.63) is 59.4 Å². The van der Waals surface area contributed by atoms with Gasteiger partial charge in [0.25, 0.3) is 5.91 Å². The van der Waals surface area contributed by atoms with Crippen LogP contribution in [-0.4, -0.2) is 98.8 Å². The van der Waals surface area contributed by atoms with E-state index in [4.69, 9.17) is 21.7 Å². The quantitative estimate of drug-likeness (QED) is 0.334. The summed E-state index contributed by atoms with van der Waals surface area (Å²) in [5.41, 5.74) is 2.18. The van der Waals surface area contributed by atoms with Crippen LogP contribution in [0.3, 0.4) is 0 Å². The van der Waals surface area contributed by atoms with Crippen LogP contribution in [0.1, 0.15) is 29.3 Å². The Bertz CT molecular complexity index is 1280. The molecule has 220 valence electrons. The van der Waals surface area contributed by atoms with Crippen molar-refractivity contribution in [3.63, 3.8) is 0 Å². The lowest BCUT2D eigenvalue weighted by atomic mass is 10.1. The van der Waals surface area contributed by atoms with E-state index in [1.54, 1.807) is 35.2 Å². The zero-order chi connectivity index (χ0) is 29.5. The summed E-state index contributed by atoms with van der Waals surface area (Å²) in [5.74, 6) is -1.31. The van der Waals surface area contributed by atoms with Crippen LogP contribution in [0.2, 0.25) is 0 Å². The van der Waals surface area contributed by atoms with E-state index in [1.165, 1.54) is 11.0 Å². The average Bonchev–Trinajstić information content (AvgIpc) is 3.34. The van der Waals surface area contributed by atoms with Gasteiger partial charge in [-0.15, -0.1) is 0 Å². The molecular formula is C29H36FN5O5S. The second-order valence-corrected chi connectivity index (χ2v) is 10.8. The van der Waals surface area contributed by atoms with Gasteiger partial charge >= 0.3 is 12.1 Å². The lowest BCUT2D eigenvalue weighted by Gasteiger charge is -2.36. The summed E-state index contributed by atoms with van der Waals surface area (Å²) >= 11 is 5.15. The normalized spacial score (nSPS) is 17.0. The molecule has 2 aliphatic heterocycles. The highest BCUT2D eigenvalue weighted by Gasteiger charge is 2.33. The van der Waals surface area contributed by atoms with Crippen molar-refractivity contribution in [1.29, 1.82) is 0 Å². The molecule has 0 spiro atoms. The molecule has 2 aromatic rings. The summed E-state index contributed by atoms with van der Waals surface area (Å²) in [7, 11) is 3.89. The number of benzene rings is 2. The maximum atomic E-state index is 15.1. The minimum Gasteiger partial charge on any atom is -0.452 e. The van der Waals surface area contributed by atoms with Crippen LogP contribution in [0.5, 0.6) is 0 Å². The van der Waals surface area contributed by atoms with Crippen LogP contribution >= 0.6 is 12.2 Å². The fraction of sp³-hybridized carbons (Fsp3) is 0.448. The monoisotopic (exact) mass is 585 g/mol. The first-order valence-corrected chi connectivity index (χ1v) is 14.0. The van der Waals surface area contributed by atoms with E-state index in [9.17, 15) is 14.4 Å². The first-order valence-electron chi connectivity index (χ1n) is 13.6. The van der Waals surface area contributed by atoms with Gasteiger partial charge in [-0.25, -0.2) is 14.0 Å². The Labute approximate surface area is 245 Å². The summed E-state index contributed by atoms with van der Waals surface area (Å²) in [6, 6.07) is 11.8. The molecule has 0 unspecified atom stereocenters. The fourth-order valence-corrected chi connectivity index (χ4v) is 4.86. The van der Waals surface area contributed by atoms with E-state index in [2.05, 4.69) is 5.32 Å². The highest BCUT2D eigenvalue weighted by Crippen LogP contribution is 2.28. The van der Waals surface area contributed by atoms with Crippen molar-refractivity contribution in [2.75, 3.05) is 69.8 Å². The summed E-state index contributed by atoms with van der Waals surface area (Å²) < 4.78 is 25.8. The number of anilines is 2. The third kappa shape index (κ3) is 7.92. The number of amides is 2. The molecule has 2 saturated heterocycles. The molecule has 4 rings (SSSR count). The van der Waals surface area contributed by atoms with Gasteiger partial charge < -0.3 is 29.5 Å². The highest BCUT2D eigenvalue weighted by molar-refractivity contribution is 7.80. The molecule has 0 bridgehead atoms. The second kappa shape index (κ2) is 13.7. The molecular weight excluding hydrogens is 549 g/mol. The first-order chi connectivity index (χ1) is 19.6. The van der Waals surface area contributed by atoms with Crippen molar-refractivity contribution in [3.8, 4) is 0 Å². The second-order valence-electron chi connectivity index (χ2n) is 10.3. The van der Waals surface area contributed by atoms with Gasteiger partial charge in [0.05, 0.1) is 35.0 Å². The van der Waals surface area contributed by atoms with E-state index in [1.807, 2.05) is 36.9 Å². The zero-order valence-electron chi connectivity index (χ0n) is 23.6. The SMILES string of the molecule is CCC(=S)NC[C@H]1CN(c2ccc(N3CCN(C(=O)COC(=O)c4cccc(CN(C)C)c4)CC3)c(F)c2)C(=O)O1. The molecule has 0 aromatic heterocycles. The smallest absolute Gasteiger partial charge is 0.414 e. The zero-order valence-corrected chi connectivity index (χ0v) is 24.4. The van der Waals surface area contributed by atoms with Crippen molar-refractivity contribution >= 4 is 46.6 Å². The first kappa shape index (κ1) is 30.2. The lowest BCUT2D eigenvalue weighted by Crippen LogP contribution is -2.50. The van der Waals surface area contributed by atoms with Crippen molar-refractivity contribution < 1.29 is 28.2 Å². The molecule has 0 aliphatic carbocycles. The van der Waals surface area contributed by atoms with Crippen molar-refractivity contribution in [1.82, 2.24) is 15.1 Å². The van der Waals surface area contributed by atoms with Gasteiger partial charge in [0.1, 0.15) is 11.9 Å². The molecule has 2 aromatic carbocycles. The molecule has 2 aliphatic rings. The predicted octanol–water partition coefficient (Wildman–Crippen LogP) is 3.05. The summed E-state index contributed by atoms with van der Waals surface area (Å²) in [6.07, 6.45) is -0.206. The molecule has 1 N–H and O–H groups in total. The number of hydrogen-bond donors (Lipinski definition) is 1. The van der Waals surface area contributed by atoms with E-state index in [0.29, 0.717) is 74.2 Å². The minimum atomic E-state index is -0.548. The largest absolute Gasteiger partial charge is 0.452 e. The van der Waals surface area contributed by atoms with E-state index in [-0.39, 0.29) is 18.6 Å². The molecule has 0 radical (unpaired) electrons. The predicted molar refractivity (Wildman–Crippen MR) is 158 cm³/mol. The molecule has 2 amide bonds. The van der Waals surface area contributed by atoms with Crippen LogP contribution in [0, 0.1) is 5.82 Å². The highest BCUT2D eigenvalue weighted by atomic mass is 32.1. The number of thiocarbonyl (C=S) groups is 1. The Morgan fingerprint density at radius 2 is 1.90 bits per heavy atom. The van der Waals surface area contributed by atoms with Crippen LogP contribution in [0.25, 0.3) is 0 Å².